The second kappa shape index (κ2) is 6.18. The molecule has 16 heavy (non-hydrogen) atoms. The number of halogens is 2. The highest BCUT2D eigenvalue weighted by molar-refractivity contribution is 14.1. The maximum absolute atomic E-state index is 12.0. The molecular formula is C10H14ClIN2OS. The van der Waals surface area contributed by atoms with Crippen molar-refractivity contribution in [3.63, 3.8) is 0 Å². The van der Waals surface area contributed by atoms with Crippen LogP contribution in [0.25, 0.3) is 0 Å². The smallest absolute Gasteiger partial charge is 0.254 e. The minimum atomic E-state index is 0. The fourth-order valence-corrected chi connectivity index (χ4v) is 3.13. The Bertz CT molecular complexity index is 371. The van der Waals surface area contributed by atoms with Crippen molar-refractivity contribution in [3.05, 3.63) is 19.9 Å². The minimum Gasteiger partial charge on any atom is -0.338 e. The Kier molecular flexibility index (Phi) is 5.49. The molecule has 0 saturated carbocycles. The number of likely N-dealkylation sites (tertiary alicyclic amines) is 1. The third kappa shape index (κ3) is 3.09. The van der Waals surface area contributed by atoms with Gasteiger partial charge in [0.2, 0.25) is 0 Å². The van der Waals surface area contributed by atoms with E-state index in [2.05, 4.69) is 22.6 Å². The van der Waals surface area contributed by atoms with E-state index in [4.69, 9.17) is 5.73 Å². The van der Waals surface area contributed by atoms with Gasteiger partial charge in [-0.05, 0) is 47.5 Å². The molecule has 1 aliphatic heterocycles. The lowest BCUT2D eigenvalue weighted by Gasteiger charge is -2.15. The van der Waals surface area contributed by atoms with Crippen LogP contribution < -0.4 is 5.73 Å². The quantitative estimate of drug-likeness (QED) is 0.809. The molecule has 3 nitrogen and oxygen atoms in total. The lowest BCUT2D eigenvalue weighted by Crippen LogP contribution is -2.29. The Labute approximate surface area is 119 Å². The van der Waals surface area contributed by atoms with Gasteiger partial charge in [-0.1, -0.05) is 0 Å². The van der Waals surface area contributed by atoms with Crippen molar-refractivity contribution < 1.29 is 4.79 Å². The van der Waals surface area contributed by atoms with Crippen molar-refractivity contribution in [1.29, 1.82) is 0 Å². The van der Waals surface area contributed by atoms with E-state index in [1.165, 1.54) is 0 Å². The van der Waals surface area contributed by atoms with E-state index in [0.717, 1.165) is 28.0 Å². The number of carbonyl (C=O) groups is 1. The van der Waals surface area contributed by atoms with Gasteiger partial charge < -0.3 is 10.6 Å². The Morgan fingerprint density at radius 2 is 2.44 bits per heavy atom. The van der Waals surface area contributed by atoms with E-state index in [9.17, 15) is 4.79 Å². The SMILES string of the molecule is Cl.NCC1CCN(C(=O)c2csc(I)c2)C1. The summed E-state index contributed by atoms with van der Waals surface area (Å²) in [7, 11) is 0. The van der Waals surface area contributed by atoms with Crippen molar-refractivity contribution >= 4 is 52.2 Å². The normalized spacial score (nSPS) is 19.6. The molecule has 2 N–H and O–H groups in total. The number of amides is 1. The molecule has 2 heterocycles. The predicted molar refractivity (Wildman–Crippen MR) is 77.3 cm³/mol. The zero-order chi connectivity index (χ0) is 10.8. The molecule has 1 aromatic rings. The van der Waals surface area contributed by atoms with Crippen LogP contribution in [0.1, 0.15) is 16.8 Å². The second-order valence-corrected chi connectivity index (χ2v) is 6.59. The average Bonchev–Trinajstić information content (AvgIpc) is 2.84. The molecule has 0 aliphatic carbocycles. The molecule has 1 saturated heterocycles. The molecule has 1 unspecified atom stereocenters. The van der Waals surface area contributed by atoms with E-state index < -0.39 is 0 Å². The van der Waals surface area contributed by atoms with Crippen LogP contribution in [-0.2, 0) is 0 Å². The standard InChI is InChI=1S/C10H13IN2OS.ClH/c11-9-3-8(6-15-9)10(14)13-2-1-7(4-12)5-13;/h3,6-7H,1-2,4-5,12H2;1H. The first-order valence-electron chi connectivity index (χ1n) is 4.94. The Morgan fingerprint density at radius 1 is 1.69 bits per heavy atom. The fourth-order valence-electron chi connectivity index (χ4n) is 1.81. The molecule has 6 heteroatoms. The van der Waals surface area contributed by atoms with Gasteiger partial charge in [-0.15, -0.1) is 23.7 Å². The molecule has 1 atom stereocenters. The summed E-state index contributed by atoms with van der Waals surface area (Å²) in [6.07, 6.45) is 1.05. The number of nitrogens with zero attached hydrogens (tertiary/aromatic N) is 1. The molecule has 0 radical (unpaired) electrons. The van der Waals surface area contributed by atoms with Crippen LogP contribution in [0.2, 0.25) is 0 Å². The van der Waals surface area contributed by atoms with Gasteiger partial charge in [-0.2, -0.15) is 0 Å². The van der Waals surface area contributed by atoms with Crippen LogP contribution in [0.15, 0.2) is 11.4 Å². The largest absolute Gasteiger partial charge is 0.338 e. The highest BCUT2D eigenvalue weighted by Crippen LogP contribution is 2.21. The van der Waals surface area contributed by atoms with Crippen molar-refractivity contribution in [2.75, 3.05) is 19.6 Å². The van der Waals surface area contributed by atoms with Crippen LogP contribution in [-0.4, -0.2) is 30.4 Å². The monoisotopic (exact) mass is 372 g/mol. The van der Waals surface area contributed by atoms with Crippen molar-refractivity contribution in [2.45, 2.75) is 6.42 Å². The van der Waals surface area contributed by atoms with E-state index in [1.807, 2.05) is 16.3 Å². The van der Waals surface area contributed by atoms with Gasteiger partial charge in [0.05, 0.1) is 8.45 Å². The van der Waals surface area contributed by atoms with Gasteiger partial charge in [0.1, 0.15) is 0 Å². The van der Waals surface area contributed by atoms with E-state index in [1.54, 1.807) is 11.3 Å². The molecule has 0 aromatic carbocycles. The van der Waals surface area contributed by atoms with E-state index in [-0.39, 0.29) is 18.3 Å². The number of nitrogens with two attached hydrogens (primary N) is 1. The molecule has 0 bridgehead atoms. The predicted octanol–water partition coefficient (Wildman–Crippen LogP) is 2.20. The summed E-state index contributed by atoms with van der Waals surface area (Å²) >= 11 is 3.85. The third-order valence-electron chi connectivity index (χ3n) is 2.72. The Balaban J connectivity index is 0.00000128. The number of thiophene rings is 1. The maximum atomic E-state index is 12.0. The van der Waals surface area contributed by atoms with Gasteiger partial charge in [0.15, 0.2) is 0 Å². The zero-order valence-corrected chi connectivity index (χ0v) is 12.5. The fraction of sp³-hybridized carbons (Fsp3) is 0.500. The van der Waals surface area contributed by atoms with Crippen LogP contribution in [0, 0.1) is 8.80 Å². The number of hydrogen-bond acceptors (Lipinski definition) is 3. The highest BCUT2D eigenvalue weighted by atomic mass is 127. The Morgan fingerprint density at radius 3 is 2.94 bits per heavy atom. The van der Waals surface area contributed by atoms with E-state index in [0.29, 0.717) is 12.5 Å². The molecule has 1 aromatic heterocycles. The molecule has 0 spiro atoms. The molecule has 2 rings (SSSR count). The van der Waals surface area contributed by atoms with Gasteiger partial charge in [-0.3, -0.25) is 4.79 Å². The van der Waals surface area contributed by atoms with Crippen LogP contribution in [0.5, 0.6) is 0 Å². The molecular weight excluding hydrogens is 359 g/mol. The average molecular weight is 373 g/mol. The molecule has 1 aliphatic rings. The first-order valence-corrected chi connectivity index (χ1v) is 6.90. The summed E-state index contributed by atoms with van der Waals surface area (Å²) in [5.41, 5.74) is 6.42. The maximum Gasteiger partial charge on any atom is 0.254 e. The molecule has 1 fully saturated rings. The molecule has 90 valence electrons. The number of hydrogen-bond donors (Lipinski definition) is 1. The number of carbonyl (C=O) groups excluding carboxylic acids is 1. The van der Waals surface area contributed by atoms with Crippen molar-refractivity contribution in [1.82, 2.24) is 4.90 Å². The van der Waals surface area contributed by atoms with Crippen molar-refractivity contribution in [3.8, 4) is 0 Å². The van der Waals surface area contributed by atoms with E-state index >= 15 is 0 Å². The summed E-state index contributed by atoms with van der Waals surface area (Å²) in [6.45, 7) is 2.36. The lowest BCUT2D eigenvalue weighted by molar-refractivity contribution is 0.0788. The summed E-state index contributed by atoms with van der Waals surface area (Å²) in [5, 5.41) is 1.93. The summed E-state index contributed by atoms with van der Waals surface area (Å²) in [5.74, 6) is 0.650. The highest BCUT2D eigenvalue weighted by Gasteiger charge is 2.26. The lowest BCUT2D eigenvalue weighted by atomic mass is 10.1. The van der Waals surface area contributed by atoms with Gasteiger partial charge in [-0.25, -0.2) is 0 Å². The first kappa shape index (κ1) is 14.2. The van der Waals surface area contributed by atoms with Gasteiger partial charge in [0, 0.05) is 18.5 Å². The third-order valence-corrected chi connectivity index (χ3v) is 4.51. The summed E-state index contributed by atoms with van der Waals surface area (Å²) < 4.78 is 1.16. The second-order valence-electron chi connectivity index (χ2n) is 3.78. The topological polar surface area (TPSA) is 46.3 Å². The first-order chi connectivity index (χ1) is 7.20. The molecule has 1 amide bonds. The summed E-state index contributed by atoms with van der Waals surface area (Å²) in [4.78, 5) is 13.9. The van der Waals surface area contributed by atoms with Gasteiger partial charge in [0.25, 0.3) is 5.91 Å². The number of rotatable bonds is 2. The van der Waals surface area contributed by atoms with Crippen LogP contribution in [0.3, 0.4) is 0 Å². The minimum absolute atomic E-state index is 0. The van der Waals surface area contributed by atoms with Crippen LogP contribution in [0.4, 0.5) is 0 Å². The van der Waals surface area contributed by atoms with Crippen molar-refractivity contribution in [2.24, 2.45) is 11.7 Å². The van der Waals surface area contributed by atoms with Gasteiger partial charge >= 0.3 is 0 Å². The van der Waals surface area contributed by atoms with Crippen LogP contribution >= 0.6 is 46.3 Å². The summed E-state index contributed by atoms with van der Waals surface area (Å²) in [6, 6.07) is 1.95. The Hall–Kier alpha value is 0.150. The zero-order valence-electron chi connectivity index (χ0n) is 8.69.